The molecular formula is C64H58N8. The van der Waals surface area contributed by atoms with E-state index in [-0.39, 0.29) is 35.5 Å². The minimum absolute atomic E-state index is 0.217. The van der Waals surface area contributed by atoms with Crippen LogP contribution in [0.3, 0.4) is 0 Å². The van der Waals surface area contributed by atoms with E-state index in [4.69, 9.17) is 9.98 Å². The SMILES string of the molecule is C1=CC2CCC1C1c3[nH]c(-c4[nH]c(-c5[nH]c(C6=NC(=C7NC(=C8NC(=C9NC(=C2N=1)C1C=CC9CC1)C1C=CC8CC1)C1C=CC7CC1)C1C=CC6CC1)c1ccccc51)c1ccccc41)c1ccccc31. The molecule has 8 heteroatoms. The van der Waals surface area contributed by atoms with Crippen molar-refractivity contribution in [2.75, 3.05) is 0 Å². The van der Waals surface area contributed by atoms with E-state index in [2.05, 4.69) is 164 Å². The molecule has 0 amide bonds. The number of nitrogens with zero attached hydrogens (tertiary/aromatic N) is 2. The number of rotatable bonds is 4. The first-order valence-electron chi connectivity index (χ1n) is 27.3. The second-order valence-electron chi connectivity index (χ2n) is 22.8. The maximum atomic E-state index is 5.99. The van der Waals surface area contributed by atoms with E-state index in [0.717, 1.165) is 110 Å². The van der Waals surface area contributed by atoms with E-state index in [0.29, 0.717) is 23.7 Å². The molecule has 354 valence electrons. The molecular weight excluding hydrogens is 881 g/mol. The molecule has 6 N–H and O–H groups in total. The van der Waals surface area contributed by atoms with E-state index >= 15 is 0 Å². The van der Waals surface area contributed by atoms with Gasteiger partial charge in [-0.25, -0.2) is 0 Å². The summed E-state index contributed by atoms with van der Waals surface area (Å²) < 4.78 is 0. The molecule has 72 heavy (non-hydrogen) atoms. The van der Waals surface area contributed by atoms with Crippen LogP contribution in [-0.2, 0) is 0 Å². The summed E-state index contributed by atoms with van der Waals surface area (Å²) in [5.41, 5.74) is 19.4. The number of H-pyrrole nitrogens is 3. The van der Waals surface area contributed by atoms with Crippen molar-refractivity contribution in [2.45, 2.75) is 64.2 Å². The average molecular weight is 939 g/mol. The predicted octanol–water partition coefficient (Wildman–Crippen LogP) is 13.7. The Morgan fingerprint density at radius 2 is 0.500 bits per heavy atom. The average Bonchev–Trinajstić information content (AvgIpc) is 3.65. The fourth-order valence-corrected chi connectivity index (χ4v) is 15.3. The lowest BCUT2D eigenvalue weighted by molar-refractivity contribution is 0.532. The molecule has 10 unspecified atom stereocenters. The van der Waals surface area contributed by atoms with Crippen molar-refractivity contribution in [1.82, 2.24) is 30.9 Å². The molecule has 21 rings (SSSR count). The van der Waals surface area contributed by atoms with Gasteiger partial charge < -0.3 is 30.9 Å². The third-order valence-electron chi connectivity index (χ3n) is 19.0. The standard InChI is InChI=1S/C64H58N8/c1-3-9-45-43(7-1)59-57-41-29-25-39(26-30-41)55(68-57)53-37-21-17-35(18-22-37)51(66-53)49-33-13-15-34(16-14-33)50(65-49)52-36-19-23-38(24-20-36)54(67-52)56-40-27-31-42(32-28-40)58(69-56)60-44-8-2-4-10-46(44)62(71-60)64-48-12-6-5-11-47(48)63(72-64)61(45)70-59/h1-13,15,17,19,21,23,25,27,29,31,33-42,65-67,70-72H,14,16,18,20,22,24,26,28,30,32H2. The summed E-state index contributed by atoms with van der Waals surface area (Å²) in [6.45, 7) is 0. The van der Waals surface area contributed by atoms with Crippen molar-refractivity contribution < 1.29 is 0 Å². The fraction of sp³-hybridized carbons (Fsp3) is 0.312. The van der Waals surface area contributed by atoms with E-state index in [1.54, 1.807) is 0 Å². The molecule has 3 aromatic heterocycles. The molecule has 0 radical (unpaired) electrons. The van der Waals surface area contributed by atoms with Gasteiger partial charge in [-0.1, -0.05) is 134 Å². The zero-order valence-corrected chi connectivity index (χ0v) is 40.4. The lowest BCUT2D eigenvalue weighted by Gasteiger charge is -2.28. The van der Waals surface area contributed by atoms with Crippen molar-refractivity contribution in [2.24, 2.45) is 69.2 Å². The van der Waals surface area contributed by atoms with Crippen LogP contribution in [0.5, 0.6) is 0 Å². The summed E-state index contributed by atoms with van der Waals surface area (Å²) in [6, 6.07) is 26.9. The molecule has 3 fully saturated rings. The normalized spacial score (nSPS) is 35.3. The summed E-state index contributed by atoms with van der Waals surface area (Å²) in [5, 5.41) is 20.3. The van der Waals surface area contributed by atoms with Gasteiger partial charge in [0.1, 0.15) is 0 Å². The number of aromatic amines is 3. The van der Waals surface area contributed by atoms with Crippen LogP contribution in [-0.4, -0.2) is 26.4 Å². The molecule has 10 atom stereocenters. The Morgan fingerprint density at radius 3 is 0.806 bits per heavy atom. The highest BCUT2D eigenvalue weighted by Crippen LogP contribution is 2.50. The van der Waals surface area contributed by atoms with Crippen LogP contribution in [0.4, 0.5) is 0 Å². The Bertz CT molecular complexity index is 3520. The number of aromatic nitrogens is 3. The smallest absolute Gasteiger partial charge is 0.0717 e. The summed E-state index contributed by atoms with van der Waals surface area (Å²) >= 11 is 0. The number of nitrogens with one attached hydrogen (secondary N) is 6. The van der Waals surface area contributed by atoms with E-state index in [1.165, 1.54) is 77.9 Å². The Balaban J connectivity index is 0.974. The van der Waals surface area contributed by atoms with Crippen molar-refractivity contribution in [3.05, 3.63) is 191 Å². The van der Waals surface area contributed by atoms with Gasteiger partial charge in [0.25, 0.3) is 0 Å². The number of allylic oxidation sites excluding steroid dienone is 10. The Kier molecular flexibility index (Phi) is 8.46. The van der Waals surface area contributed by atoms with Gasteiger partial charge in [-0.05, 0) is 64.2 Å². The molecule has 15 aliphatic rings. The van der Waals surface area contributed by atoms with Crippen molar-refractivity contribution in [1.29, 1.82) is 0 Å². The van der Waals surface area contributed by atoms with Crippen LogP contribution >= 0.6 is 0 Å². The highest BCUT2D eigenvalue weighted by molar-refractivity contribution is 6.20. The molecule has 3 aromatic carbocycles. The van der Waals surface area contributed by atoms with Gasteiger partial charge >= 0.3 is 0 Å². The minimum atomic E-state index is 0.217. The lowest BCUT2D eigenvalue weighted by atomic mass is 9.82. The van der Waals surface area contributed by atoms with Crippen molar-refractivity contribution in [3.8, 4) is 22.8 Å². The van der Waals surface area contributed by atoms with E-state index < -0.39 is 0 Å². The zero-order chi connectivity index (χ0) is 46.8. The maximum absolute atomic E-state index is 5.99. The van der Waals surface area contributed by atoms with E-state index in [9.17, 15) is 0 Å². The number of hydrogen-bond acceptors (Lipinski definition) is 5. The number of benzene rings is 3. The van der Waals surface area contributed by atoms with Crippen LogP contribution in [0.1, 0.15) is 75.6 Å². The van der Waals surface area contributed by atoms with E-state index in [1.807, 2.05) is 0 Å². The summed E-state index contributed by atoms with van der Waals surface area (Å²) in [4.78, 5) is 24.4. The van der Waals surface area contributed by atoms with Gasteiger partial charge in [0.15, 0.2) is 0 Å². The van der Waals surface area contributed by atoms with Gasteiger partial charge in [-0.3, -0.25) is 9.98 Å². The molecule has 10 bridgehead atoms. The zero-order valence-electron chi connectivity index (χ0n) is 40.4. The van der Waals surface area contributed by atoms with Crippen LogP contribution < -0.4 is 16.0 Å². The summed E-state index contributed by atoms with van der Waals surface area (Å²) in [7, 11) is 0. The van der Waals surface area contributed by atoms with Crippen molar-refractivity contribution in [3.63, 3.8) is 0 Å². The summed E-state index contributed by atoms with van der Waals surface area (Å²) in [6.07, 6.45) is 36.2. The molecule has 13 heterocycles. The number of fused-ring (bicyclic) bond motifs is 16. The van der Waals surface area contributed by atoms with Gasteiger partial charge in [-0.15, -0.1) is 0 Å². The number of aliphatic imine (C=N–C) groups is 2. The third kappa shape index (κ3) is 5.75. The van der Waals surface area contributed by atoms with Crippen molar-refractivity contribution >= 4 is 43.7 Å². The summed E-state index contributed by atoms with van der Waals surface area (Å²) in [5.74, 6) is 2.78. The molecule has 0 spiro atoms. The third-order valence-corrected chi connectivity index (χ3v) is 19.0. The van der Waals surface area contributed by atoms with Crippen LogP contribution in [0.2, 0.25) is 0 Å². The van der Waals surface area contributed by atoms with Gasteiger partial charge in [0.05, 0.1) is 57.0 Å². The predicted molar refractivity (Wildman–Crippen MR) is 290 cm³/mol. The van der Waals surface area contributed by atoms with Crippen LogP contribution in [0, 0.1) is 59.2 Å². The first-order valence-corrected chi connectivity index (χ1v) is 27.3. The Labute approximate surface area is 419 Å². The van der Waals surface area contributed by atoms with Gasteiger partial charge in [0, 0.05) is 126 Å². The molecule has 8 nitrogen and oxygen atoms in total. The van der Waals surface area contributed by atoms with Gasteiger partial charge in [-0.2, -0.15) is 0 Å². The second kappa shape index (κ2) is 15.1. The number of hydrogen-bond donors (Lipinski definition) is 6. The lowest BCUT2D eigenvalue weighted by Crippen LogP contribution is -2.31. The Hall–Kier alpha value is -7.32. The highest BCUT2D eigenvalue weighted by atomic mass is 15.1. The first kappa shape index (κ1) is 40.3. The molecule has 0 saturated carbocycles. The topological polar surface area (TPSA) is 108 Å². The minimum Gasteiger partial charge on any atom is -0.358 e. The van der Waals surface area contributed by atoms with Crippen LogP contribution in [0.15, 0.2) is 189 Å². The second-order valence-corrected chi connectivity index (χ2v) is 22.8. The highest BCUT2D eigenvalue weighted by Gasteiger charge is 2.42. The van der Waals surface area contributed by atoms with Crippen LogP contribution in [0.25, 0.3) is 55.1 Å². The largest absolute Gasteiger partial charge is 0.358 e. The van der Waals surface area contributed by atoms with Gasteiger partial charge in [0.2, 0.25) is 0 Å². The monoisotopic (exact) mass is 938 g/mol. The first-order chi connectivity index (χ1) is 35.6. The molecule has 6 aromatic rings. The molecule has 3 saturated heterocycles. The fourth-order valence-electron chi connectivity index (χ4n) is 15.3. The Morgan fingerprint density at radius 1 is 0.264 bits per heavy atom. The molecule has 10 aliphatic heterocycles. The maximum Gasteiger partial charge on any atom is 0.0717 e. The quantitative estimate of drug-likeness (QED) is 0.0991. The molecule has 5 aliphatic carbocycles.